The van der Waals surface area contributed by atoms with Crippen LogP contribution in [0.4, 0.5) is 0 Å². The van der Waals surface area contributed by atoms with Crippen LogP contribution in [0.25, 0.3) is 0 Å². The summed E-state index contributed by atoms with van der Waals surface area (Å²) in [5, 5.41) is 6.87. The Morgan fingerprint density at radius 1 is 1.22 bits per heavy atom. The van der Waals surface area contributed by atoms with Gasteiger partial charge in [-0.2, -0.15) is 5.10 Å². The zero-order valence-electron chi connectivity index (χ0n) is 13.6. The van der Waals surface area contributed by atoms with E-state index >= 15 is 0 Å². The number of aromatic nitrogens is 2. The molecular formula is C17H21N3O3. The van der Waals surface area contributed by atoms with Crippen LogP contribution in [-0.2, 0) is 0 Å². The first-order chi connectivity index (χ1) is 11.1. The van der Waals surface area contributed by atoms with Crippen molar-refractivity contribution in [2.45, 2.75) is 19.3 Å². The topological polar surface area (TPSA) is 67.5 Å². The van der Waals surface area contributed by atoms with Crippen LogP contribution in [0.15, 0.2) is 24.3 Å². The van der Waals surface area contributed by atoms with E-state index in [9.17, 15) is 4.79 Å². The van der Waals surface area contributed by atoms with E-state index in [-0.39, 0.29) is 11.8 Å². The van der Waals surface area contributed by atoms with Gasteiger partial charge in [0.25, 0.3) is 5.91 Å². The molecule has 1 aromatic heterocycles. The Hall–Kier alpha value is -2.50. The number of hydrogen-bond acceptors (Lipinski definition) is 4. The summed E-state index contributed by atoms with van der Waals surface area (Å²) in [6.45, 7) is 3.30. The van der Waals surface area contributed by atoms with Crippen LogP contribution in [0.3, 0.4) is 0 Å². The van der Waals surface area contributed by atoms with Gasteiger partial charge < -0.3 is 14.4 Å². The highest BCUT2D eigenvalue weighted by molar-refractivity contribution is 5.92. The van der Waals surface area contributed by atoms with E-state index in [1.807, 2.05) is 30.0 Å². The number of carbonyl (C=O) groups excluding carboxylic acids is 1. The lowest BCUT2D eigenvalue weighted by molar-refractivity contribution is 0.0785. The Bertz CT molecular complexity index is 689. The van der Waals surface area contributed by atoms with Gasteiger partial charge in [0.05, 0.1) is 14.2 Å². The molecule has 2 aromatic rings. The van der Waals surface area contributed by atoms with Crippen molar-refractivity contribution in [3.8, 4) is 11.5 Å². The maximum Gasteiger partial charge on any atom is 0.274 e. The maximum absolute atomic E-state index is 12.5. The molecule has 2 heterocycles. The van der Waals surface area contributed by atoms with Gasteiger partial charge in [-0.3, -0.25) is 9.89 Å². The van der Waals surface area contributed by atoms with E-state index in [0.29, 0.717) is 12.2 Å². The maximum atomic E-state index is 12.5. The number of hydrogen-bond donors (Lipinski definition) is 1. The minimum Gasteiger partial charge on any atom is -0.497 e. The number of carbonyl (C=O) groups is 1. The van der Waals surface area contributed by atoms with Gasteiger partial charge in [0.2, 0.25) is 0 Å². The SMILES string of the molecule is COc1cc(OC)cc([C@H]2CCN(C(=O)c3cc(C)[nH]n3)C2)c1. The third kappa shape index (κ3) is 3.16. The molecule has 23 heavy (non-hydrogen) atoms. The number of ether oxygens (including phenoxy) is 2. The monoisotopic (exact) mass is 315 g/mol. The average Bonchev–Trinajstić information content (AvgIpc) is 3.22. The number of aryl methyl sites for hydroxylation is 1. The van der Waals surface area contributed by atoms with Gasteiger partial charge in [-0.1, -0.05) is 0 Å². The predicted octanol–water partition coefficient (Wildman–Crippen LogP) is 2.37. The highest BCUT2D eigenvalue weighted by Gasteiger charge is 2.29. The van der Waals surface area contributed by atoms with Gasteiger partial charge in [-0.25, -0.2) is 0 Å². The summed E-state index contributed by atoms with van der Waals surface area (Å²) in [6.07, 6.45) is 0.922. The van der Waals surface area contributed by atoms with Crippen molar-refractivity contribution >= 4 is 5.91 Å². The van der Waals surface area contributed by atoms with Crippen molar-refractivity contribution in [3.63, 3.8) is 0 Å². The fraction of sp³-hybridized carbons (Fsp3) is 0.412. The van der Waals surface area contributed by atoms with E-state index in [4.69, 9.17) is 9.47 Å². The molecular weight excluding hydrogens is 294 g/mol. The molecule has 122 valence electrons. The first kappa shape index (κ1) is 15.4. The standard InChI is InChI=1S/C17H21N3O3/c1-11-6-16(19-18-11)17(21)20-5-4-12(10-20)13-7-14(22-2)9-15(8-13)23-3/h6-9,12H,4-5,10H2,1-3H3,(H,18,19)/t12-/m0/s1. The van der Waals surface area contributed by atoms with Gasteiger partial charge in [0.1, 0.15) is 17.2 Å². The largest absolute Gasteiger partial charge is 0.497 e. The Morgan fingerprint density at radius 3 is 2.48 bits per heavy atom. The average molecular weight is 315 g/mol. The molecule has 1 saturated heterocycles. The lowest BCUT2D eigenvalue weighted by Gasteiger charge is -2.16. The number of likely N-dealkylation sites (tertiary alicyclic amines) is 1. The fourth-order valence-electron chi connectivity index (χ4n) is 2.97. The summed E-state index contributed by atoms with van der Waals surface area (Å²) in [5.41, 5.74) is 2.50. The molecule has 1 N–H and O–H groups in total. The Balaban J connectivity index is 1.76. The normalized spacial score (nSPS) is 17.3. The van der Waals surface area contributed by atoms with Crippen LogP contribution >= 0.6 is 0 Å². The number of rotatable bonds is 4. The molecule has 6 nitrogen and oxygen atoms in total. The number of benzene rings is 1. The Kier molecular flexibility index (Phi) is 4.23. The molecule has 1 aromatic carbocycles. The van der Waals surface area contributed by atoms with Crippen LogP contribution in [-0.4, -0.2) is 48.3 Å². The quantitative estimate of drug-likeness (QED) is 0.940. The number of aromatic amines is 1. The van der Waals surface area contributed by atoms with E-state index in [1.54, 1.807) is 20.3 Å². The van der Waals surface area contributed by atoms with Crippen molar-refractivity contribution in [2.24, 2.45) is 0 Å². The lowest BCUT2D eigenvalue weighted by atomic mass is 9.98. The molecule has 6 heteroatoms. The number of H-pyrrole nitrogens is 1. The van der Waals surface area contributed by atoms with Crippen LogP contribution in [0.5, 0.6) is 11.5 Å². The van der Waals surface area contributed by atoms with E-state index in [1.165, 1.54) is 0 Å². The zero-order chi connectivity index (χ0) is 16.4. The fourth-order valence-corrected chi connectivity index (χ4v) is 2.97. The first-order valence-corrected chi connectivity index (χ1v) is 7.65. The van der Waals surface area contributed by atoms with Crippen molar-refractivity contribution in [1.82, 2.24) is 15.1 Å². The lowest BCUT2D eigenvalue weighted by Crippen LogP contribution is -2.28. The highest BCUT2D eigenvalue weighted by atomic mass is 16.5. The van der Waals surface area contributed by atoms with Gasteiger partial charge >= 0.3 is 0 Å². The van der Waals surface area contributed by atoms with Crippen LogP contribution in [0.1, 0.15) is 34.1 Å². The summed E-state index contributed by atoms with van der Waals surface area (Å²) >= 11 is 0. The summed E-state index contributed by atoms with van der Waals surface area (Å²) in [4.78, 5) is 14.3. The minimum absolute atomic E-state index is 0.0216. The van der Waals surface area contributed by atoms with Gasteiger partial charge in [-0.05, 0) is 37.1 Å². The molecule has 0 unspecified atom stereocenters. The number of amides is 1. The molecule has 1 amide bonds. The van der Waals surface area contributed by atoms with E-state index in [2.05, 4.69) is 10.2 Å². The summed E-state index contributed by atoms with van der Waals surface area (Å²) in [6, 6.07) is 7.66. The number of nitrogens with zero attached hydrogens (tertiary/aromatic N) is 2. The predicted molar refractivity (Wildman–Crippen MR) is 86.1 cm³/mol. The first-order valence-electron chi connectivity index (χ1n) is 7.65. The van der Waals surface area contributed by atoms with Crippen molar-refractivity contribution in [1.29, 1.82) is 0 Å². The summed E-state index contributed by atoms with van der Waals surface area (Å²) in [7, 11) is 3.28. The third-order valence-electron chi connectivity index (χ3n) is 4.25. The Labute approximate surface area is 135 Å². The van der Waals surface area contributed by atoms with Gasteiger partial charge in [0, 0.05) is 30.8 Å². The van der Waals surface area contributed by atoms with Crippen molar-refractivity contribution < 1.29 is 14.3 Å². The number of methoxy groups -OCH3 is 2. The van der Waals surface area contributed by atoms with E-state index in [0.717, 1.165) is 35.7 Å². The molecule has 0 aliphatic carbocycles. The molecule has 0 saturated carbocycles. The van der Waals surface area contributed by atoms with Crippen LogP contribution in [0.2, 0.25) is 0 Å². The molecule has 1 fully saturated rings. The van der Waals surface area contributed by atoms with Crippen molar-refractivity contribution in [2.75, 3.05) is 27.3 Å². The van der Waals surface area contributed by atoms with Gasteiger partial charge in [-0.15, -0.1) is 0 Å². The minimum atomic E-state index is -0.0216. The van der Waals surface area contributed by atoms with E-state index < -0.39 is 0 Å². The van der Waals surface area contributed by atoms with Crippen LogP contribution in [0, 0.1) is 6.92 Å². The molecule has 1 aliphatic rings. The molecule has 0 bridgehead atoms. The van der Waals surface area contributed by atoms with Crippen molar-refractivity contribution in [3.05, 3.63) is 41.2 Å². The molecule has 1 atom stereocenters. The molecule has 3 rings (SSSR count). The second-order valence-electron chi connectivity index (χ2n) is 5.82. The third-order valence-corrected chi connectivity index (χ3v) is 4.25. The second-order valence-corrected chi connectivity index (χ2v) is 5.82. The van der Waals surface area contributed by atoms with Gasteiger partial charge in [0.15, 0.2) is 0 Å². The molecule has 0 spiro atoms. The smallest absolute Gasteiger partial charge is 0.274 e. The Morgan fingerprint density at radius 2 is 1.91 bits per heavy atom. The summed E-state index contributed by atoms with van der Waals surface area (Å²) < 4.78 is 10.7. The molecule has 1 aliphatic heterocycles. The second kappa shape index (κ2) is 6.32. The summed E-state index contributed by atoms with van der Waals surface area (Å²) in [5.74, 6) is 1.80. The highest BCUT2D eigenvalue weighted by Crippen LogP contribution is 2.33. The number of nitrogens with one attached hydrogen (secondary N) is 1. The van der Waals surface area contributed by atoms with Crippen LogP contribution < -0.4 is 9.47 Å². The molecule has 0 radical (unpaired) electrons. The zero-order valence-corrected chi connectivity index (χ0v) is 13.6.